The molecule has 1 N–H and O–H groups in total. The molecule has 1 aromatic carbocycles. The number of hydrogen-bond donors (Lipinski definition) is 1. The van der Waals surface area contributed by atoms with Crippen LogP contribution in [-0.4, -0.2) is 41.8 Å². The summed E-state index contributed by atoms with van der Waals surface area (Å²) >= 11 is 0. The van der Waals surface area contributed by atoms with Gasteiger partial charge in [-0.15, -0.1) is 0 Å². The van der Waals surface area contributed by atoms with Crippen LogP contribution in [-0.2, 0) is 0 Å². The molecule has 1 aliphatic rings. The molecule has 2 rings (SSSR count). The lowest BCUT2D eigenvalue weighted by Gasteiger charge is -2.44. The van der Waals surface area contributed by atoms with E-state index in [1.165, 1.54) is 12.1 Å². The van der Waals surface area contributed by atoms with Gasteiger partial charge in [-0.05, 0) is 31.2 Å². The zero-order valence-electron chi connectivity index (χ0n) is 9.32. The van der Waals surface area contributed by atoms with Crippen LogP contribution >= 0.6 is 0 Å². The van der Waals surface area contributed by atoms with Crippen molar-refractivity contribution in [2.75, 3.05) is 26.2 Å². The first-order chi connectivity index (χ1) is 7.55. The van der Waals surface area contributed by atoms with Crippen molar-refractivity contribution in [1.82, 2.24) is 4.90 Å². The second-order valence-electron chi connectivity index (χ2n) is 4.51. The number of aliphatic hydroxyl groups is 1. The maximum atomic E-state index is 12.6. The summed E-state index contributed by atoms with van der Waals surface area (Å²) in [5.41, 5.74) is -0.532. The summed E-state index contributed by atoms with van der Waals surface area (Å²) in [7, 11) is 0. The molecule has 16 heavy (non-hydrogen) atoms. The van der Waals surface area contributed by atoms with Gasteiger partial charge in [0.05, 0.1) is 5.60 Å². The van der Waals surface area contributed by atoms with Crippen molar-refractivity contribution in [3.8, 4) is 5.75 Å². The highest BCUT2D eigenvalue weighted by Gasteiger charge is 2.35. The SMILES string of the molecule is CC1(O)CN(CCOc2ccc(F)cc2)C1. The van der Waals surface area contributed by atoms with E-state index in [0.717, 1.165) is 6.54 Å². The molecule has 0 aliphatic carbocycles. The summed E-state index contributed by atoms with van der Waals surface area (Å²) in [6.45, 7) is 4.55. The average molecular weight is 225 g/mol. The van der Waals surface area contributed by atoms with Crippen LogP contribution in [0.2, 0.25) is 0 Å². The van der Waals surface area contributed by atoms with Crippen LogP contribution in [0.5, 0.6) is 5.75 Å². The summed E-state index contributed by atoms with van der Waals surface area (Å²) in [5.74, 6) is 0.417. The van der Waals surface area contributed by atoms with E-state index in [0.29, 0.717) is 25.4 Å². The summed E-state index contributed by atoms with van der Waals surface area (Å²) in [6, 6.07) is 5.98. The molecule has 3 nitrogen and oxygen atoms in total. The number of rotatable bonds is 4. The fraction of sp³-hybridized carbons (Fsp3) is 0.500. The predicted molar refractivity (Wildman–Crippen MR) is 59.0 cm³/mol. The van der Waals surface area contributed by atoms with E-state index in [4.69, 9.17) is 4.74 Å². The van der Waals surface area contributed by atoms with Crippen LogP contribution in [0, 0.1) is 5.82 Å². The summed E-state index contributed by atoms with van der Waals surface area (Å²) in [5, 5.41) is 9.51. The van der Waals surface area contributed by atoms with Crippen LogP contribution in [0.15, 0.2) is 24.3 Å². The molecule has 0 bridgehead atoms. The molecule has 1 aromatic rings. The molecule has 1 aliphatic heterocycles. The maximum absolute atomic E-state index is 12.6. The predicted octanol–water partition coefficient (Wildman–Crippen LogP) is 1.27. The van der Waals surface area contributed by atoms with E-state index in [-0.39, 0.29) is 5.82 Å². The highest BCUT2D eigenvalue weighted by atomic mass is 19.1. The number of nitrogens with zero attached hydrogens (tertiary/aromatic N) is 1. The molecule has 0 spiro atoms. The van der Waals surface area contributed by atoms with Gasteiger partial charge in [0.2, 0.25) is 0 Å². The molecular weight excluding hydrogens is 209 g/mol. The molecule has 0 amide bonds. The minimum atomic E-state index is -0.532. The molecule has 0 aromatic heterocycles. The van der Waals surface area contributed by atoms with E-state index < -0.39 is 5.60 Å². The number of likely N-dealkylation sites (tertiary alicyclic amines) is 1. The first kappa shape index (κ1) is 11.4. The standard InChI is InChI=1S/C12H16FNO2/c1-12(15)8-14(9-12)6-7-16-11-4-2-10(13)3-5-11/h2-5,15H,6-9H2,1H3. The highest BCUT2D eigenvalue weighted by Crippen LogP contribution is 2.19. The van der Waals surface area contributed by atoms with E-state index in [2.05, 4.69) is 4.90 Å². The van der Waals surface area contributed by atoms with Gasteiger partial charge in [0.15, 0.2) is 0 Å². The van der Waals surface area contributed by atoms with E-state index in [9.17, 15) is 9.50 Å². The molecule has 1 heterocycles. The summed E-state index contributed by atoms with van der Waals surface area (Å²) in [6.07, 6.45) is 0. The maximum Gasteiger partial charge on any atom is 0.123 e. The zero-order valence-corrected chi connectivity index (χ0v) is 9.32. The Morgan fingerprint density at radius 1 is 1.38 bits per heavy atom. The highest BCUT2D eigenvalue weighted by molar-refractivity contribution is 5.21. The molecular formula is C12H16FNO2. The van der Waals surface area contributed by atoms with Gasteiger partial charge >= 0.3 is 0 Å². The Morgan fingerprint density at radius 2 is 2.00 bits per heavy atom. The number of benzene rings is 1. The molecule has 0 atom stereocenters. The van der Waals surface area contributed by atoms with Gasteiger partial charge in [-0.3, -0.25) is 4.90 Å². The fourth-order valence-electron chi connectivity index (χ4n) is 1.90. The van der Waals surface area contributed by atoms with Gasteiger partial charge in [0.25, 0.3) is 0 Å². The molecule has 0 unspecified atom stereocenters. The lowest BCUT2D eigenvalue weighted by molar-refractivity contribution is -0.0859. The third kappa shape index (κ3) is 2.93. The molecule has 0 saturated carbocycles. The normalized spacial score (nSPS) is 19.2. The molecule has 4 heteroatoms. The molecule has 88 valence electrons. The van der Waals surface area contributed by atoms with Crippen molar-refractivity contribution < 1.29 is 14.2 Å². The minimum Gasteiger partial charge on any atom is -0.492 e. The lowest BCUT2D eigenvalue weighted by atomic mass is 9.97. The van der Waals surface area contributed by atoms with Crippen LogP contribution in [0.1, 0.15) is 6.92 Å². The Kier molecular flexibility index (Phi) is 3.12. The van der Waals surface area contributed by atoms with Gasteiger partial charge in [-0.2, -0.15) is 0 Å². The Bertz CT molecular complexity index is 343. The second kappa shape index (κ2) is 4.39. The first-order valence-electron chi connectivity index (χ1n) is 5.38. The van der Waals surface area contributed by atoms with Crippen molar-refractivity contribution in [3.05, 3.63) is 30.1 Å². The Labute approximate surface area is 94.4 Å². The van der Waals surface area contributed by atoms with E-state index >= 15 is 0 Å². The second-order valence-corrected chi connectivity index (χ2v) is 4.51. The number of β-amino-alcohol motifs (C(OH)–C–C–N with tert-alkyl or cyclic N) is 1. The van der Waals surface area contributed by atoms with E-state index in [1.807, 2.05) is 6.92 Å². The van der Waals surface area contributed by atoms with Gasteiger partial charge in [-0.25, -0.2) is 4.39 Å². The molecule has 1 fully saturated rings. The van der Waals surface area contributed by atoms with Gasteiger partial charge in [-0.1, -0.05) is 0 Å². The fourth-order valence-corrected chi connectivity index (χ4v) is 1.90. The van der Waals surface area contributed by atoms with Crippen molar-refractivity contribution >= 4 is 0 Å². The zero-order chi connectivity index (χ0) is 11.6. The number of hydrogen-bond acceptors (Lipinski definition) is 3. The largest absolute Gasteiger partial charge is 0.492 e. The van der Waals surface area contributed by atoms with Gasteiger partial charge < -0.3 is 9.84 Å². The smallest absolute Gasteiger partial charge is 0.123 e. The van der Waals surface area contributed by atoms with Crippen molar-refractivity contribution in [2.45, 2.75) is 12.5 Å². The third-order valence-electron chi connectivity index (χ3n) is 2.62. The minimum absolute atomic E-state index is 0.258. The Hall–Kier alpha value is -1.13. The van der Waals surface area contributed by atoms with Crippen LogP contribution in [0.3, 0.4) is 0 Å². The summed E-state index contributed by atoms with van der Waals surface area (Å²) in [4.78, 5) is 2.11. The van der Waals surface area contributed by atoms with E-state index in [1.54, 1.807) is 12.1 Å². The van der Waals surface area contributed by atoms with Crippen LogP contribution in [0.25, 0.3) is 0 Å². The Morgan fingerprint density at radius 3 is 2.56 bits per heavy atom. The molecule has 0 radical (unpaired) electrons. The van der Waals surface area contributed by atoms with Crippen LogP contribution < -0.4 is 4.74 Å². The number of halogens is 1. The van der Waals surface area contributed by atoms with Gasteiger partial charge in [0.1, 0.15) is 18.2 Å². The molecule has 1 saturated heterocycles. The van der Waals surface area contributed by atoms with Gasteiger partial charge in [0, 0.05) is 19.6 Å². The average Bonchev–Trinajstić information content (AvgIpc) is 2.18. The quantitative estimate of drug-likeness (QED) is 0.837. The third-order valence-corrected chi connectivity index (χ3v) is 2.62. The topological polar surface area (TPSA) is 32.7 Å². The van der Waals surface area contributed by atoms with Crippen molar-refractivity contribution in [2.24, 2.45) is 0 Å². The van der Waals surface area contributed by atoms with Crippen molar-refractivity contribution in [3.63, 3.8) is 0 Å². The monoisotopic (exact) mass is 225 g/mol. The van der Waals surface area contributed by atoms with Crippen LogP contribution in [0.4, 0.5) is 4.39 Å². The lowest BCUT2D eigenvalue weighted by Crippen LogP contribution is -2.60. The number of ether oxygens (including phenoxy) is 1. The summed E-state index contributed by atoms with van der Waals surface area (Å²) < 4.78 is 18.0. The van der Waals surface area contributed by atoms with Crippen molar-refractivity contribution in [1.29, 1.82) is 0 Å². The first-order valence-corrected chi connectivity index (χ1v) is 5.38. The Balaban J connectivity index is 1.67.